The lowest BCUT2D eigenvalue weighted by atomic mass is 10.1. The first kappa shape index (κ1) is 11.0. The normalized spacial score (nSPS) is 10.5. The molecule has 0 spiro atoms. The highest BCUT2D eigenvalue weighted by molar-refractivity contribution is 5.87. The minimum Gasteiger partial charge on any atom is -0.476 e. The Kier molecular flexibility index (Phi) is 2.90. The van der Waals surface area contributed by atoms with Crippen LogP contribution >= 0.6 is 0 Å². The minimum atomic E-state index is -1.20. The molecule has 15 heavy (non-hydrogen) atoms. The van der Waals surface area contributed by atoms with Crippen molar-refractivity contribution in [2.45, 2.75) is 19.4 Å². The second-order valence-corrected chi connectivity index (χ2v) is 3.27. The van der Waals surface area contributed by atoms with Crippen LogP contribution in [0.2, 0.25) is 0 Å². The number of terminal acetylenes is 1. The lowest BCUT2D eigenvalue weighted by Crippen LogP contribution is -2.27. The standard InChI is InChI=1S/C10H10N2O3/c1-4-10(2,3)15-8-7(9(13)14)11-5-6-12-8/h1,5-6H,2-3H3,(H,13,14). The summed E-state index contributed by atoms with van der Waals surface area (Å²) >= 11 is 0. The number of carbonyl (C=O) groups is 1. The molecular weight excluding hydrogens is 196 g/mol. The molecule has 0 aliphatic rings. The van der Waals surface area contributed by atoms with Gasteiger partial charge in [-0.15, -0.1) is 6.42 Å². The fraction of sp³-hybridized carbons (Fsp3) is 0.300. The van der Waals surface area contributed by atoms with Crippen molar-refractivity contribution in [3.63, 3.8) is 0 Å². The molecule has 0 unspecified atom stereocenters. The summed E-state index contributed by atoms with van der Waals surface area (Å²) in [5, 5.41) is 8.80. The van der Waals surface area contributed by atoms with E-state index in [1.54, 1.807) is 13.8 Å². The van der Waals surface area contributed by atoms with Gasteiger partial charge in [-0.3, -0.25) is 0 Å². The Morgan fingerprint density at radius 2 is 2.13 bits per heavy atom. The first-order valence-electron chi connectivity index (χ1n) is 4.17. The molecule has 5 nitrogen and oxygen atoms in total. The van der Waals surface area contributed by atoms with Crippen LogP contribution in [0.3, 0.4) is 0 Å². The molecule has 0 aliphatic heterocycles. The highest BCUT2D eigenvalue weighted by Crippen LogP contribution is 2.17. The van der Waals surface area contributed by atoms with Crippen LogP contribution in [0, 0.1) is 12.3 Å². The fourth-order valence-electron chi connectivity index (χ4n) is 0.818. The average molecular weight is 206 g/mol. The van der Waals surface area contributed by atoms with Gasteiger partial charge in [-0.25, -0.2) is 14.8 Å². The van der Waals surface area contributed by atoms with Gasteiger partial charge in [-0.2, -0.15) is 0 Å². The predicted molar refractivity (Wildman–Crippen MR) is 52.5 cm³/mol. The molecule has 0 aromatic carbocycles. The zero-order chi connectivity index (χ0) is 11.5. The number of aromatic carboxylic acids is 1. The van der Waals surface area contributed by atoms with Crippen LogP contribution < -0.4 is 4.74 Å². The van der Waals surface area contributed by atoms with Gasteiger partial charge < -0.3 is 9.84 Å². The number of hydrogen-bond acceptors (Lipinski definition) is 4. The zero-order valence-corrected chi connectivity index (χ0v) is 8.39. The summed E-state index contributed by atoms with van der Waals surface area (Å²) in [6, 6.07) is 0. The molecular formula is C10H10N2O3. The molecule has 1 aromatic heterocycles. The van der Waals surface area contributed by atoms with E-state index in [1.165, 1.54) is 12.4 Å². The van der Waals surface area contributed by atoms with Crippen molar-refractivity contribution in [1.82, 2.24) is 9.97 Å². The predicted octanol–water partition coefficient (Wildman–Crippen LogP) is 0.965. The molecule has 5 heteroatoms. The largest absolute Gasteiger partial charge is 0.476 e. The summed E-state index contributed by atoms with van der Waals surface area (Å²) in [6.45, 7) is 3.26. The van der Waals surface area contributed by atoms with E-state index in [0.29, 0.717) is 0 Å². The molecule has 0 radical (unpaired) electrons. The fourth-order valence-corrected chi connectivity index (χ4v) is 0.818. The van der Waals surface area contributed by atoms with Crippen molar-refractivity contribution >= 4 is 5.97 Å². The summed E-state index contributed by atoms with van der Waals surface area (Å²) in [7, 11) is 0. The Balaban J connectivity index is 3.06. The Hall–Kier alpha value is -2.09. The van der Waals surface area contributed by atoms with E-state index in [1.807, 2.05) is 0 Å². The van der Waals surface area contributed by atoms with E-state index >= 15 is 0 Å². The summed E-state index contributed by atoms with van der Waals surface area (Å²) < 4.78 is 5.25. The molecule has 0 bridgehead atoms. The van der Waals surface area contributed by atoms with E-state index in [-0.39, 0.29) is 11.6 Å². The topological polar surface area (TPSA) is 72.3 Å². The van der Waals surface area contributed by atoms with Crippen molar-refractivity contribution in [3.8, 4) is 18.2 Å². The molecule has 78 valence electrons. The number of nitrogens with zero attached hydrogens (tertiary/aromatic N) is 2. The van der Waals surface area contributed by atoms with Gasteiger partial charge in [-0.05, 0) is 13.8 Å². The zero-order valence-electron chi connectivity index (χ0n) is 8.39. The minimum absolute atomic E-state index is 0.0760. The molecule has 1 heterocycles. The maximum Gasteiger partial charge on any atom is 0.360 e. The van der Waals surface area contributed by atoms with Crippen molar-refractivity contribution in [2.75, 3.05) is 0 Å². The van der Waals surface area contributed by atoms with Crippen LogP contribution in [-0.4, -0.2) is 26.6 Å². The first-order chi connectivity index (χ1) is 6.96. The smallest absolute Gasteiger partial charge is 0.360 e. The van der Waals surface area contributed by atoms with Crippen LogP contribution in [0.5, 0.6) is 5.88 Å². The maximum atomic E-state index is 10.8. The highest BCUT2D eigenvalue weighted by atomic mass is 16.5. The SMILES string of the molecule is C#CC(C)(C)Oc1nccnc1C(=O)O. The number of hydrogen-bond donors (Lipinski definition) is 1. The molecule has 1 rings (SSSR count). The van der Waals surface area contributed by atoms with Crippen LogP contribution in [0.25, 0.3) is 0 Å². The van der Waals surface area contributed by atoms with Gasteiger partial charge >= 0.3 is 5.97 Å². The van der Waals surface area contributed by atoms with Gasteiger partial charge in [0.25, 0.3) is 0 Å². The monoisotopic (exact) mass is 206 g/mol. The summed E-state index contributed by atoms with van der Waals surface area (Å²) in [5.74, 6) is 1.09. The maximum absolute atomic E-state index is 10.8. The van der Waals surface area contributed by atoms with Crippen LogP contribution in [-0.2, 0) is 0 Å². The van der Waals surface area contributed by atoms with Gasteiger partial charge in [0, 0.05) is 12.4 Å². The number of carboxylic acids is 1. The third-order valence-corrected chi connectivity index (χ3v) is 1.57. The van der Waals surface area contributed by atoms with Crippen molar-refractivity contribution in [1.29, 1.82) is 0 Å². The Labute approximate surface area is 87.1 Å². The van der Waals surface area contributed by atoms with Gasteiger partial charge in [0.2, 0.25) is 11.6 Å². The Bertz CT molecular complexity index is 421. The molecule has 0 saturated heterocycles. The molecule has 1 aromatic rings. The van der Waals surface area contributed by atoms with E-state index in [2.05, 4.69) is 15.9 Å². The van der Waals surface area contributed by atoms with E-state index in [4.69, 9.17) is 16.3 Å². The van der Waals surface area contributed by atoms with Gasteiger partial charge in [-0.1, -0.05) is 5.92 Å². The number of carboxylic acid groups (broad SMARTS) is 1. The first-order valence-corrected chi connectivity index (χ1v) is 4.17. The van der Waals surface area contributed by atoms with E-state index in [9.17, 15) is 4.79 Å². The molecule has 1 N–H and O–H groups in total. The van der Waals surface area contributed by atoms with Gasteiger partial charge in [0.1, 0.15) is 0 Å². The third-order valence-electron chi connectivity index (χ3n) is 1.57. The van der Waals surface area contributed by atoms with Crippen LogP contribution in [0.15, 0.2) is 12.4 Å². The molecule has 0 atom stereocenters. The summed E-state index contributed by atoms with van der Waals surface area (Å²) in [5.41, 5.74) is -1.17. The second-order valence-electron chi connectivity index (χ2n) is 3.27. The number of rotatable bonds is 3. The molecule has 0 saturated carbocycles. The van der Waals surface area contributed by atoms with E-state index in [0.717, 1.165) is 0 Å². The van der Waals surface area contributed by atoms with Crippen molar-refractivity contribution in [3.05, 3.63) is 18.1 Å². The van der Waals surface area contributed by atoms with Gasteiger partial charge in [0.15, 0.2) is 5.60 Å². The Morgan fingerprint density at radius 1 is 1.53 bits per heavy atom. The number of ether oxygens (including phenoxy) is 1. The molecule has 0 aliphatic carbocycles. The Morgan fingerprint density at radius 3 is 2.67 bits per heavy atom. The van der Waals surface area contributed by atoms with Crippen LogP contribution in [0.1, 0.15) is 24.3 Å². The molecule has 0 fully saturated rings. The lowest BCUT2D eigenvalue weighted by molar-refractivity contribution is 0.0676. The lowest BCUT2D eigenvalue weighted by Gasteiger charge is -2.19. The third kappa shape index (κ3) is 2.68. The number of aromatic nitrogens is 2. The summed E-state index contributed by atoms with van der Waals surface area (Å²) in [4.78, 5) is 18.2. The second kappa shape index (κ2) is 3.96. The van der Waals surface area contributed by atoms with Crippen molar-refractivity contribution in [2.24, 2.45) is 0 Å². The molecule has 0 amide bonds. The quantitative estimate of drug-likeness (QED) is 0.746. The van der Waals surface area contributed by atoms with E-state index < -0.39 is 11.6 Å². The van der Waals surface area contributed by atoms with Gasteiger partial charge in [0.05, 0.1) is 0 Å². The van der Waals surface area contributed by atoms with Crippen LogP contribution in [0.4, 0.5) is 0 Å². The summed E-state index contributed by atoms with van der Waals surface area (Å²) in [6.07, 6.45) is 7.83. The van der Waals surface area contributed by atoms with Crippen molar-refractivity contribution < 1.29 is 14.6 Å². The average Bonchev–Trinajstić information content (AvgIpc) is 2.18. The highest BCUT2D eigenvalue weighted by Gasteiger charge is 2.22.